The van der Waals surface area contributed by atoms with E-state index in [0.29, 0.717) is 11.5 Å². The fourth-order valence-electron chi connectivity index (χ4n) is 2.41. The summed E-state index contributed by atoms with van der Waals surface area (Å²) in [6.07, 6.45) is 0. The Morgan fingerprint density at radius 1 is 1.50 bits per heavy atom. The number of aryl methyl sites for hydroxylation is 2. The Morgan fingerprint density at radius 2 is 2.25 bits per heavy atom. The minimum Gasteiger partial charge on any atom is -0.394 e. The SMILES string of the molecule is Cc1nn(C)c(NC(=O)C2CSc3ccccc32)c1N. The van der Waals surface area contributed by atoms with Crippen molar-refractivity contribution in [1.29, 1.82) is 0 Å². The Morgan fingerprint density at radius 3 is 2.95 bits per heavy atom. The molecule has 0 saturated heterocycles. The molecule has 0 radical (unpaired) electrons. The highest BCUT2D eigenvalue weighted by atomic mass is 32.2. The predicted octanol–water partition coefficient (Wildman–Crippen LogP) is 2.14. The van der Waals surface area contributed by atoms with Crippen molar-refractivity contribution in [3.8, 4) is 0 Å². The van der Waals surface area contributed by atoms with Crippen molar-refractivity contribution in [3.05, 3.63) is 35.5 Å². The number of amides is 1. The monoisotopic (exact) mass is 288 g/mol. The molecule has 104 valence electrons. The highest BCUT2D eigenvalue weighted by molar-refractivity contribution is 7.99. The lowest BCUT2D eigenvalue weighted by molar-refractivity contribution is -0.117. The van der Waals surface area contributed by atoms with Gasteiger partial charge in [-0.1, -0.05) is 18.2 Å². The third-order valence-corrected chi connectivity index (χ3v) is 4.71. The lowest BCUT2D eigenvalue weighted by Gasteiger charge is -2.12. The van der Waals surface area contributed by atoms with E-state index in [4.69, 9.17) is 5.73 Å². The molecule has 20 heavy (non-hydrogen) atoms. The van der Waals surface area contributed by atoms with Crippen molar-refractivity contribution in [3.63, 3.8) is 0 Å². The van der Waals surface area contributed by atoms with Crippen LogP contribution in [0.15, 0.2) is 29.2 Å². The maximum absolute atomic E-state index is 12.5. The van der Waals surface area contributed by atoms with Gasteiger partial charge in [-0.2, -0.15) is 5.10 Å². The Kier molecular flexibility index (Phi) is 3.17. The fraction of sp³-hybridized carbons (Fsp3) is 0.286. The molecule has 2 aromatic rings. The van der Waals surface area contributed by atoms with Crippen molar-refractivity contribution in [1.82, 2.24) is 9.78 Å². The van der Waals surface area contributed by atoms with Crippen LogP contribution in [0.3, 0.4) is 0 Å². The van der Waals surface area contributed by atoms with Crippen molar-refractivity contribution in [2.45, 2.75) is 17.7 Å². The number of nitrogen functional groups attached to an aromatic ring is 1. The molecule has 5 nitrogen and oxygen atoms in total. The first-order valence-corrected chi connectivity index (χ1v) is 7.38. The van der Waals surface area contributed by atoms with Crippen LogP contribution in [0.1, 0.15) is 17.2 Å². The highest BCUT2D eigenvalue weighted by Crippen LogP contribution is 2.40. The van der Waals surface area contributed by atoms with Gasteiger partial charge in [0.2, 0.25) is 5.91 Å². The number of aromatic nitrogens is 2. The number of anilines is 2. The van der Waals surface area contributed by atoms with Gasteiger partial charge in [-0.25, -0.2) is 0 Å². The Labute approximate surface area is 121 Å². The van der Waals surface area contributed by atoms with Crippen LogP contribution in [0.5, 0.6) is 0 Å². The third-order valence-electron chi connectivity index (χ3n) is 3.53. The first-order valence-electron chi connectivity index (χ1n) is 6.39. The van der Waals surface area contributed by atoms with Gasteiger partial charge in [-0.3, -0.25) is 9.48 Å². The van der Waals surface area contributed by atoms with Crippen molar-refractivity contribution < 1.29 is 4.79 Å². The zero-order valence-corrected chi connectivity index (χ0v) is 12.2. The maximum atomic E-state index is 12.5. The molecule has 1 aliphatic heterocycles. The highest BCUT2D eigenvalue weighted by Gasteiger charge is 2.29. The number of hydrogen-bond acceptors (Lipinski definition) is 4. The van der Waals surface area contributed by atoms with E-state index in [0.717, 1.165) is 17.0 Å². The average Bonchev–Trinajstić information content (AvgIpc) is 2.96. The lowest BCUT2D eigenvalue weighted by Crippen LogP contribution is -2.23. The number of carbonyl (C=O) groups is 1. The Balaban J connectivity index is 1.85. The molecule has 3 rings (SSSR count). The number of nitrogens with one attached hydrogen (secondary N) is 1. The molecule has 1 aromatic heterocycles. The van der Waals surface area contributed by atoms with E-state index in [1.165, 1.54) is 4.90 Å². The molecule has 0 aliphatic carbocycles. The lowest BCUT2D eigenvalue weighted by atomic mass is 10.0. The topological polar surface area (TPSA) is 72.9 Å². The number of hydrogen-bond donors (Lipinski definition) is 2. The summed E-state index contributed by atoms with van der Waals surface area (Å²) < 4.78 is 1.61. The van der Waals surface area contributed by atoms with E-state index < -0.39 is 0 Å². The van der Waals surface area contributed by atoms with Gasteiger partial charge in [-0.15, -0.1) is 11.8 Å². The molecular weight excluding hydrogens is 272 g/mol. The quantitative estimate of drug-likeness (QED) is 0.888. The number of carbonyl (C=O) groups excluding carboxylic acids is 1. The molecule has 1 aromatic carbocycles. The number of benzene rings is 1. The largest absolute Gasteiger partial charge is 0.394 e. The van der Waals surface area contributed by atoms with Gasteiger partial charge in [0, 0.05) is 17.7 Å². The summed E-state index contributed by atoms with van der Waals surface area (Å²) in [6.45, 7) is 1.83. The predicted molar refractivity (Wildman–Crippen MR) is 80.9 cm³/mol. The van der Waals surface area contributed by atoms with Gasteiger partial charge in [0.1, 0.15) is 0 Å². The smallest absolute Gasteiger partial charge is 0.234 e. The van der Waals surface area contributed by atoms with Crippen LogP contribution in [0, 0.1) is 6.92 Å². The molecule has 6 heteroatoms. The fourth-order valence-corrected chi connectivity index (χ4v) is 3.64. The minimum absolute atomic E-state index is 0.0304. The Hall–Kier alpha value is -1.95. The van der Waals surface area contributed by atoms with Gasteiger partial charge in [0.25, 0.3) is 0 Å². The summed E-state index contributed by atoms with van der Waals surface area (Å²) in [7, 11) is 1.77. The molecular formula is C14H16N4OS. The number of fused-ring (bicyclic) bond motifs is 1. The van der Waals surface area contributed by atoms with E-state index in [1.54, 1.807) is 23.5 Å². The number of rotatable bonds is 2. The normalized spacial score (nSPS) is 17.0. The van der Waals surface area contributed by atoms with Crippen LogP contribution < -0.4 is 11.1 Å². The summed E-state index contributed by atoms with van der Waals surface area (Å²) in [5, 5.41) is 7.11. The maximum Gasteiger partial charge on any atom is 0.234 e. The number of nitrogens with zero attached hydrogens (tertiary/aromatic N) is 2. The molecule has 0 spiro atoms. The van der Waals surface area contributed by atoms with E-state index in [9.17, 15) is 4.79 Å². The van der Waals surface area contributed by atoms with E-state index >= 15 is 0 Å². The van der Waals surface area contributed by atoms with Crippen LogP contribution in [0.4, 0.5) is 11.5 Å². The molecule has 2 heterocycles. The number of thioether (sulfide) groups is 1. The second-order valence-corrected chi connectivity index (χ2v) is 5.92. The van der Waals surface area contributed by atoms with Crippen LogP contribution >= 0.6 is 11.8 Å². The molecule has 0 saturated carbocycles. The van der Waals surface area contributed by atoms with Gasteiger partial charge in [0.15, 0.2) is 5.82 Å². The molecule has 1 amide bonds. The average molecular weight is 288 g/mol. The zero-order chi connectivity index (χ0) is 14.3. The van der Waals surface area contributed by atoms with Crippen molar-refractivity contribution in [2.24, 2.45) is 7.05 Å². The molecule has 3 N–H and O–H groups in total. The first-order chi connectivity index (χ1) is 9.58. The minimum atomic E-state index is -0.134. The summed E-state index contributed by atoms with van der Waals surface area (Å²) in [6, 6.07) is 8.02. The summed E-state index contributed by atoms with van der Waals surface area (Å²) in [5.74, 6) is 1.17. The van der Waals surface area contributed by atoms with E-state index in [2.05, 4.69) is 16.5 Å². The van der Waals surface area contributed by atoms with Crippen LogP contribution in [-0.2, 0) is 11.8 Å². The van der Waals surface area contributed by atoms with Gasteiger partial charge in [0.05, 0.1) is 17.3 Å². The van der Waals surface area contributed by atoms with Gasteiger partial charge >= 0.3 is 0 Å². The summed E-state index contributed by atoms with van der Waals surface area (Å²) in [4.78, 5) is 13.7. The molecule has 0 fully saturated rings. The van der Waals surface area contributed by atoms with Crippen molar-refractivity contribution >= 4 is 29.2 Å². The van der Waals surface area contributed by atoms with Crippen LogP contribution in [0.25, 0.3) is 0 Å². The van der Waals surface area contributed by atoms with E-state index in [1.807, 2.05) is 25.1 Å². The summed E-state index contributed by atoms with van der Waals surface area (Å²) in [5.41, 5.74) is 8.29. The molecule has 0 bridgehead atoms. The standard InChI is InChI=1S/C14H16N4OS/c1-8-12(15)13(18(2)17-8)16-14(19)10-7-20-11-6-4-3-5-9(10)11/h3-6,10H,7,15H2,1-2H3,(H,16,19). The molecule has 1 atom stereocenters. The van der Waals surface area contributed by atoms with Crippen molar-refractivity contribution in [2.75, 3.05) is 16.8 Å². The van der Waals surface area contributed by atoms with Crippen LogP contribution in [-0.4, -0.2) is 21.4 Å². The second kappa shape index (κ2) is 4.86. The first kappa shape index (κ1) is 13.1. The van der Waals surface area contributed by atoms with Crippen LogP contribution in [0.2, 0.25) is 0 Å². The number of nitrogens with two attached hydrogens (primary N) is 1. The Bertz CT molecular complexity index is 680. The molecule has 1 unspecified atom stereocenters. The van der Waals surface area contributed by atoms with Gasteiger partial charge in [-0.05, 0) is 18.6 Å². The second-order valence-electron chi connectivity index (χ2n) is 4.86. The zero-order valence-electron chi connectivity index (χ0n) is 11.4. The summed E-state index contributed by atoms with van der Waals surface area (Å²) >= 11 is 1.71. The van der Waals surface area contributed by atoms with E-state index in [-0.39, 0.29) is 11.8 Å². The molecule has 1 aliphatic rings. The van der Waals surface area contributed by atoms with Gasteiger partial charge < -0.3 is 11.1 Å². The third kappa shape index (κ3) is 2.06.